The highest BCUT2D eigenvalue weighted by molar-refractivity contribution is 7.20. The molecule has 1 fully saturated rings. The van der Waals surface area contributed by atoms with Gasteiger partial charge in [0.2, 0.25) is 0 Å². The Labute approximate surface area is 107 Å². The zero-order chi connectivity index (χ0) is 12.5. The fourth-order valence-corrected chi connectivity index (χ4v) is 2.81. The van der Waals surface area contributed by atoms with E-state index in [9.17, 15) is 4.79 Å². The lowest BCUT2D eigenvalue weighted by atomic mass is 10.3. The summed E-state index contributed by atoms with van der Waals surface area (Å²) in [5, 5.41) is 9.82. The van der Waals surface area contributed by atoms with Gasteiger partial charge in [-0.05, 0) is 6.07 Å². The van der Waals surface area contributed by atoms with Gasteiger partial charge in [0.1, 0.15) is 21.9 Å². The molecular weight excluding hydrogens is 254 g/mol. The topological polar surface area (TPSA) is 75.5 Å². The van der Waals surface area contributed by atoms with Crippen molar-refractivity contribution >= 4 is 33.3 Å². The number of anilines is 1. The predicted molar refractivity (Wildman–Crippen MR) is 67.4 cm³/mol. The summed E-state index contributed by atoms with van der Waals surface area (Å²) in [5.74, 6) is -0.127. The Kier molecular flexibility index (Phi) is 2.85. The molecule has 0 bridgehead atoms. The zero-order valence-corrected chi connectivity index (χ0v) is 10.3. The molecule has 0 atom stereocenters. The van der Waals surface area contributed by atoms with Crippen LogP contribution in [0, 0.1) is 0 Å². The molecule has 0 aliphatic carbocycles. The molecule has 7 heteroatoms. The first-order valence-electron chi connectivity index (χ1n) is 5.56. The fraction of sp³-hybridized carbons (Fsp3) is 0.364. The molecule has 94 valence electrons. The van der Waals surface area contributed by atoms with Crippen molar-refractivity contribution in [2.45, 2.75) is 0 Å². The summed E-state index contributed by atoms with van der Waals surface area (Å²) >= 11 is 1.17. The third-order valence-corrected chi connectivity index (χ3v) is 3.86. The monoisotopic (exact) mass is 265 g/mol. The molecule has 0 spiro atoms. The average Bonchev–Trinajstić information content (AvgIpc) is 2.83. The first-order valence-corrected chi connectivity index (χ1v) is 6.38. The molecule has 18 heavy (non-hydrogen) atoms. The van der Waals surface area contributed by atoms with E-state index in [4.69, 9.17) is 9.84 Å². The van der Waals surface area contributed by atoms with Crippen molar-refractivity contribution in [3.8, 4) is 0 Å². The van der Waals surface area contributed by atoms with Crippen molar-refractivity contribution in [1.82, 2.24) is 9.97 Å². The molecule has 2 aromatic rings. The zero-order valence-electron chi connectivity index (χ0n) is 9.50. The van der Waals surface area contributed by atoms with Crippen LogP contribution in [-0.2, 0) is 4.74 Å². The van der Waals surface area contributed by atoms with Crippen LogP contribution in [0.5, 0.6) is 0 Å². The number of carbonyl (C=O) groups is 1. The van der Waals surface area contributed by atoms with Gasteiger partial charge in [0.15, 0.2) is 0 Å². The Morgan fingerprint density at radius 3 is 2.89 bits per heavy atom. The summed E-state index contributed by atoms with van der Waals surface area (Å²) in [7, 11) is 0. The van der Waals surface area contributed by atoms with E-state index in [-0.39, 0.29) is 0 Å². The molecular formula is C11H11N3O3S. The van der Waals surface area contributed by atoms with E-state index in [1.807, 2.05) is 0 Å². The number of hydrogen-bond acceptors (Lipinski definition) is 6. The third kappa shape index (κ3) is 1.91. The number of carboxylic acids is 1. The molecule has 0 radical (unpaired) electrons. The van der Waals surface area contributed by atoms with Crippen molar-refractivity contribution in [2.24, 2.45) is 0 Å². The van der Waals surface area contributed by atoms with Crippen LogP contribution in [0.15, 0.2) is 12.4 Å². The van der Waals surface area contributed by atoms with E-state index in [2.05, 4.69) is 14.9 Å². The van der Waals surface area contributed by atoms with E-state index in [0.717, 1.165) is 24.3 Å². The van der Waals surface area contributed by atoms with E-state index >= 15 is 0 Å². The quantitative estimate of drug-likeness (QED) is 0.880. The van der Waals surface area contributed by atoms with Crippen LogP contribution in [0.2, 0.25) is 0 Å². The smallest absolute Gasteiger partial charge is 0.345 e. The number of rotatable bonds is 2. The Morgan fingerprint density at radius 1 is 1.39 bits per heavy atom. The molecule has 0 amide bonds. The van der Waals surface area contributed by atoms with Gasteiger partial charge < -0.3 is 14.7 Å². The predicted octanol–water partition coefficient (Wildman–Crippen LogP) is 1.23. The lowest BCUT2D eigenvalue weighted by Gasteiger charge is -2.27. The lowest BCUT2D eigenvalue weighted by Crippen LogP contribution is -2.36. The van der Waals surface area contributed by atoms with E-state index < -0.39 is 5.97 Å². The van der Waals surface area contributed by atoms with E-state index in [0.29, 0.717) is 22.9 Å². The molecule has 0 unspecified atom stereocenters. The molecule has 3 heterocycles. The maximum absolute atomic E-state index is 11.0. The average molecular weight is 265 g/mol. The highest BCUT2D eigenvalue weighted by atomic mass is 32.1. The molecule has 6 nitrogen and oxygen atoms in total. The van der Waals surface area contributed by atoms with Gasteiger partial charge in [-0.3, -0.25) is 0 Å². The van der Waals surface area contributed by atoms with Crippen LogP contribution in [0.4, 0.5) is 5.82 Å². The number of carboxylic acid groups (broad SMARTS) is 1. The fourth-order valence-electron chi connectivity index (χ4n) is 1.98. The van der Waals surface area contributed by atoms with Crippen LogP contribution >= 0.6 is 11.3 Å². The highest BCUT2D eigenvalue weighted by Gasteiger charge is 2.18. The van der Waals surface area contributed by atoms with Crippen LogP contribution in [0.25, 0.3) is 10.2 Å². The van der Waals surface area contributed by atoms with E-state index in [1.165, 1.54) is 17.7 Å². The maximum Gasteiger partial charge on any atom is 0.345 e. The number of ether oxygens (including phenoxy) is 1. The Balaban J connectivity index is 2.07. The minimum absolute atomic E-state index is 0.292. The molecule has 0 aromatic carbocycles. The third-order valence-electron chi connectivity index (χ3n) is 2.83. The molecule has 2 aromatic heterocycles. The summed E-state index contributed by atoms with van der Waals surface area (Å²) in [6.07, 6.45) is 1.48. The second-order valence-corrected chi connectivity index (χ2v) is 4.96. The molecule has 1 aliphatic heterocycles. The molecule has 1 aliphatic rings. The second kappa shape index (κ2) is 4.51. The maximum atomic E-state index is 11.0. The molecule has 3 rings (SSSR count). The van der Waals surface area contributed by atoms with Crippen molar-refractivity contribution in [3.63, 3.8) is 0 Å². The van der Waals surface area contributed by atoms with Crippen LogP contribution in [0.3, 0.4) is 0 Å². The summed E-state index contributed by atoms with van der Waals surface area (Å²) in [6.45, 7) is 2.87. The van der Waals surface area contributed by atoms with Gasteiger partial charge >= 0.3 is 5.97 Å². The number of aromatic carboxylic acids is 1. The van der Waals surface area contributed by atoms with Gasteiger partial charge in [-0.15, -0.1) is 11.3 Å². The number of fused-ring (bicyclic) bond motifs is 1. The van der Waals surface area contributed by atoms with Gasteiger partial charge in [-0.2, -0.15) is 0 Å². The van der Waals surface area contributed by atoms with Gasteiger partial charge in [0.25, 0.3) is 0 Å². The van der Waals surface area contributed by atoms with Crippen molar-refractivity contribution in [2.75, 3.05) is 31.2 Å². The Hall–Kier alpha value is -1.73. The van der Waals surface area contributed by atoms with Gasteiger partial charge in [0.05, 0.1) is 18.6 Å². The number of morpholine rings is 1. The first kappa shape index (κ1) is 11.4. The number of aromatic nitrogens is 2. The summed E-state index contributed by atoms with van der Waals surface area (Å²) in [5.41, 5.74) is 0. The van der Waals surface area contributed by atoms with Crippen molar-refractivity contribution in [3.05, 3.63) is 17.3 Å². The Bertz CT molecular complexity index is 592. The molecule has 1 N–H and O–H groups in total. The van der Waals surface area contributed by atoms with Gasteiger partial charge in [-0.25, -0.2) is 14.8 Å². The molecule has 0 saturated carbocycles. The van der Waals surface area contributed by atoms with Gasteiger partial charge in [0, 0.05) is 13.1 Å². The largest absolute Gasteiger partial charge is 0.477 e. The van der Waals surface area contributed by atoms with Crippen molar-refractivity contribution < 1.29 is 14.6 Å². The van der Waals surface area contributed by atoms with Crippen LogP contribution in [-0.4, -0.2) is 47.3 Å². The standard InChI is InChI=1S/C11H11N3O3S/c15-11(16)8-5-7-9(12-6-13-10(7)18-8)14-1-3-17-4-2-14/h5-6H,1-4H2,(H,15,16). The summed E-state index contributed by atoms with van der Waals surface area (Å²) in [4.78, 5) is 22.5. The minimum atomic E-state index is -0.925. The molecule has 1 saturated heterocycles. The van der Waals surface area contributed by atoms with Crippen LogP contribution < -0.4 is 4.90 Å². The number of hydrogen-bond donors (Lipinski definition) is 1. The van der Waals surface area contributed by atoms with E-state index in [1.54, 1.807) is 6.07 Å². The highest BCUT2D eigenvalue weighted by Crippen LogP contribution is 2.30. The summed E-state index contributed by atoms with van der Waals surface area (Å²) in [6, 6.07) is 1.65. The first-order chi connectivity index (χ1) is 8.75. The Morgan fingerprint density at radius 2 is 2.17 bits per heavy atom. The van der Waals surface area contributed by atoms with Crippen LogP contribution in [0.1, 0.15) is 9.67 Å². The number of thiophene rings is 1. The van der Waals surface area contributed by atoms with Gasteiger partial charge in [-0.1, -0.05) is 0 Å². The second-order valence-electron chi connectivity index (χ2n) is 3.93. The summed E-state index contributed by atoms with van der Waals surface area (Å²) < 4.78 is 5.30. The number of nitrogens with zero attached hydrogens (tertiary/aromatic N) is 3. The SMILES string of the molecule is O=C(O)c1cc2c(N3CCOCC3)ncnc2s1. The lowest BCUT2D eigenvalue weighted by molar-refractivity contribution is 0.0702. The minimum Gasteiger partial charge on any atom is -0.477 e. The normalized spacial score (nSPS) is 16.1. The van der Waals surface area contributed by atoms with Crippen molar-refractivity contribution in [1.29, 1.82) is 0 Å².